The first-order chi connectivity index (χ1) is 15.9. The number of likely N-dealkylation sites (tertiary alicyclic amines) is 1. The van der Waals surface area contributed by atoms with Crippen molar-refractivity contribution in [1.82, 2.24) is 4.90 Å². The summed E-state index contributed by atoms with van der Waals surface area (Å²) in [6, 6.07) is 6.28. The van der Waals surface area contributed by atoms with Crippen LogP contribution in [0.2, 0.25) is 0 Å². The Labute approximate surface area is 194 Å². The van der Waals surface area contributed by atoms with Gasteiger partial charge >= 0.3 is 5.97 Å². The van der Waals surface area contributed by atoms with Gasteiger partial charge in [-0.1, -0.05) is 19.1 Å². The normalized spacial score (nSPS) is 26.1. The number of esters is 1. The van der Waals surface area contributed by atoms with E-state index in [2.05, 4.69) is 5.32 Å². The molecule has 0 aromatic heterocycles. The molecule has 5 atom stereocenters. The third kappa shape index (κ3) is 5.38. The third-order valence-corrected chi connectivity index (χ3v) is 6.52. The molecule has 2 amide bonds. The van der Waals surface area contributed by atoms with Crippen LogP contribution in [0.3, 0.4) is 0 Å². The van der Waals surface area contributed by atoms with Gasteiger partial charge in [-0.3, -0.25) is 14.4 Å². The molecule has 0 unspecified atom stereocenters. The summed E-state index contributed by atoms with van der Waals surface area (Å²) < 4.78 is 10.5. The number of hydrogen-bond acceptors (Lipinski definition) is 6. The fourth-order valence-electron chi connectivity index (χ4n) is 4.89. The smallest absolute Gasteiger partial charge is 0.310 e. The highest BCUT2D eigenvalue weighted by molar-refractivity contribution is 6.01. The van der Waals surface area contributed by atoms with E-state index in [1.54, 1.807) is 43.2 Å². The lowest BCUT2D eigenvalue weighted by Crippen LogP contribution is -2.44. The predicted molar refractivity (Wildman–Crippen MR) is 123 cm³/mol. The molecule has 0 spiro atoms. The number of nitrogens with zero attached hydrogens (tertiary/aromatic N) is 1. The molecule has 3 rings (SSSR count). The van der Waals surface area contributed by atoms with Gasteiger partial charge in [0.05, 0.1) is 25.6 Å². The van der Waals surface area contributed by atoms with Crippen LogP contribution in [0.1, 0.15) is 33.1 Å². The van der Waals surface area contributed by atoms with Crippen LogP contribution >= 0.6 is 0 Å². The Morgan fingerprint density at radius 2 is 1.85 bits per heavy atom. The number of carbonyl (C=O) groups is 3. The number of amides is 2. The number of fused-ring (bicyclic) bond motifs is 1. The number of nitrogens with one attached hydrogen (secondary N) is 1. The number of unbranched alkanes of at least 4 members (excludes halogenated alkanes) is 2. The molecule has 1 aromatic carbocycles. The fourth-order valence-corrected chi connectivity index (χ4v) is 4.89. The number of carbonyl (C=O) groups excluding carboxylic acids is 3. The Kier molecular flexibility index (Phi) is 8.49. The molecule has 1 fully saturated rings. The summed E-state index contributed by atoms with van der Waals surface area (Å²) in [6.45, 7) is 4.37. The summed E-state index contributed by atoms with van der Waals surface area (Å²) in [5, 5.41) is 12.0. The topological polar surface area (TPSA) is 105 Å². The van der Waals surface area contributed by atoms with Gasteiger partial charge in [-0.2, -0.15) is 0 Å². The molecular formula is C25H34N2O6. The molecule has 1 heterocycles. The Hall–Kier alpha value is -2.87. The lowest BCUT2D eigenvalue weighted by Gasteiger charge is -2.32. The van der Waals surface area contributed by atoms with Crippen LogP contribution in [0.25, 0.3) is 0 Å². The Morgan fingerprint density at radius 3 is 2.48 bits per heavy atom. The van der Waals surface area contributed by atoms with E-state index in [1.807, 2.05) is 19.1 Å². The molecule has 8 heteroatoms. The molecule has 1 saturated heterocycles. The second kappa shape index (κ2) is 11.3. The molecule has 1 aliphatic heterocycles. The first-order valence-electron chi connectivity index (χ1n) is 11.6. The molecule has 33 heavy (non-hydrogen) atoms. The van der Waals surface area contributed by atoms with Crippen LogP contribution in [-0.4, -0.2) is 60.7 Å². The minimum Gasteiger partial charge on any atom is -0.497 e. The summed E-state index contributed by atoms with van der Waals surface area (Å²) in [4.78, 5) is 41.4. The van der Waals surface area contributed by atoms with E-state index in [9.17, 15) is 14.4 Å². The van der Waals surface area contributed by atoms with E-state index in [0.29, 0.717) is 30.8 Å². The van der Waals surface area contributed by atoms with Crippen molar-refractivity contribution in [2.45, 2.75) is 39.2 Å². The van der Waals surface area contributed by atoms with Crippen molar-refractivity contribution in [1.29, 1.82) is 0 Å². The van der Waals surface area contributed by atoms with Crippen molar-refractivity contribution in [2.24, 2.45) is 23.7 Å². The van der Waals surface area contributed by atoms with Crippen molar-refractivity contribution < 1.29 is 29.0 Å². The Bertz CT molecular complexity index is 868. The minimum absolute atomic E-state index is 0.0891. The van der Waals surface area contributed by atoms with E-state index >= 15 is 0 Å². The molecule has 1 aliphatic carbocycles. The molecule has 2 aliphatic rings. The molecule has 1 aromatic rings. The average Bonchev–Trinajstić information content (AvgIpc) is 3.09. The standard InChI is InChI=1S/C25H34N2O6/c1-4-33-25(31)20-16(2)8-13-19-21(20)24(30)27(14-6-5-7-15-28)22(19)23(29)26-17-9-11-18(32-3)12-10-17/h8-13,16,19-22,28H,4-7,14-15H2,1-3H3,(H,26,29)/t16-,19+,20-,21-,22+/m1/s1. The van der Waals surface area contributed by atoms with Gasteiger partial charge in [0.1, 0.15) is 11.8 Å². The number of anilines is 1. The highest BCUT2D eigenvalue weighted by Gasteiger charge is 2.56. The number of aliphatic hydroxyl groups excluding tert-OH is 1. The first kappa shape index (κ1) is 24.8. The maximum absolute atomic E-state index is 13.6. The first-order valence-corrected chi connectivity index (χ1v) is 11.6. The van der Waals surface area contributed by atoms with Crippen molar-refractivity contribution in [2.75, 3.05) is 32.2 Å². The van der Waals surface area contributed by atoms with Crippen molar-refractivity contribution >= 4 is 23.5 Å². The summed E-state index contributed by atoms with van der Waals surface area (Å²) >= 11 is 0. The molecule has 0 bridgehead atoms. The van der Waals surface area contributed by atoms with Gasteiger partial charge < -0.3 is 24.8 Å². The number of ether oxygens (including phenoxy) is 2. The van der Waals surface area contributed by atoms with Gasteiger partial charge in [0.2, 0.25) is 11.8 Å². The SMILES string of the molecule is CCOC(=O)[C@H]1[C@@H]2C(=O)N(CCCCCO)[C@H](C(=O)Nc3ccc(OC)cc3)[C@H]2C=C[C@H]1C. The number of allylic oxidation sites excluding steroid dienone is 1. The highest BCUT2D eigenvalue weighted by Crippen LogP contribution is 2.44. The molecule has 2 N–H and O–H groups in total. The summed E-state index contributed by atoms with van der Waals surface area (Å²) in [6.07, 6.45) is 5.88. The molecule has 180 valence electrons. The van der Waals surface area contributed by atoms with E-state index in [4.69, 9.17) is 14.6 Å². The molecule has 0 saturated carbocycles. The van der Waals surface area contributed by atoms with Gasteiger partial charge in [-0.15, -0.1) is 0 Å². The monoisotopic (exact) mass is 458 g/mol. The van der Waals surface area contributed by atoms with Crippen LogP contribution in [0.15, 0.2) is 36.4 Å². The Balaban J connectivity index is 1.88. The highest BCUT2D eigenvalue weighted by atomic mass is 16.5. The average molecular weight is 459 g/mol. The van der Waals surface area contributed by atoms with Gasteiger partial charge in [-0.25, -0.2) is 0 Å². The zero-order valence-corrected chi connectivity index (χ0v) is 19.5. The number of hydrogen-bond donors (Lipinski definition) is 2. The molecule has 8 nitrogen and oxygen atoms in total. The number of methoxy groups -OCH3 is 1. The van der Waals surface area contributed by atoms with Gasteiger partial charge in [-0.05, 0) is 56.4 Å². The van der Waals surface area contributed by atoms with E-state index in [0.717, 1.165) is 6.42 Å². The van der Waals surface area contributed by atoms with Crippen molar-refractivity contribution in [3.8, 4) is 5.75 Å². The minimum atomic E-state index is -0.723. The summed E-state index contributed by atoms with van der Waals surface area (Å²) in [7, 11) is 1.57. The number of rotatable bonds is 10. The summed E-state index contributed by atoms with van der Waals surface area (Å²) in [5.41, 5.74) is 0.604. The maximum atomic E-state index is 13.6. The Morgan fingerprint density at radius 1 is 1.12 bits per heavy atom. The number of benzene rings is 1. The van der Waals surface area contributed by atoms with Gasteiger partial charge in [0, 0.05) is 24.8 Å². The van der Waals surface area contributed by atoms with Gasteiger partial charge in [0.25, 0.3) is 0 Å². The summed E-state index contributed by atoms with van der Waals surface area (Å²) in [5.74, 6) is -2.02. The second-order valence-corrected chi connectivity index (χ2v) is 8.60. The number of aliphatic hydroxyl groups is 1. The van der Waals surface area contributed by atoms with Crippen molar-refractivity contribution in [3.63, 3.8) is 0 Å². The van der Waals surface area contributed by atoms with Crippen LogP contribution in [0, 0.1) is 23.7 Å². The molecular weight excluding hydrogens is 424 g/mol. The zero-order chi connectivity index (χ0) is 24.0. The van der Waals surface area contributed by atoms with Gasteiger partial charge in [0.15, 0.2) is 0 Å². The lowest BCUT2D eigenvalue weighted by atomic mass is 9.70. The molecule has 0 radical (unpaired) electrons. The van der Waals surface area contributed by atoms with Crippen LogP contribution < -0.4 is 10.1 Å². The van der Waals surface area contributed by atoms with Crippen molar-refractivity contribution in [3.05, 3.63) is 36.4 Å². The van der Waals surface area contributed by atoms with E-state index in [1.165, 1.54) is 0 Å². The lowest BCUT2D eigenvalue weighted by molar-refractivity contribution is -0.155. The quantitative estimate of drug-likeness (QED) is 0.317. The van der Waals surface area contributed by atoms with E-state index < -0.39 is 29.8 Å². The van der Waals surface area contributed by atoms with E-state index in [-0.39, 0.29) is 30.9 Å². The predicted octanol–water partition coefficient (Wildman–Crippen LogP) is 2.62. The largest absolute Gasteiger partial charge is 0.497 e. The maximum Gasteiger partial charge on any atom is 0.310 e. The van der Waals surface area contributed by atoms with Crippen LogP contribution in [0.4, 0.5) is 5.69 Å². The second-order valence-electron chi connectivity index (χ2n) is 8.60. The zero-order valence-electron chi connectivity index (χ0n) is 19.5. The third-order valence-electron chi connectivity index (χ3n) is 6.52. The van der Waals surface area contributed by atoms with Crippen LogP contribution in [-0.2, 0) is 19.1 Å². The van der Waals surface area contributed by atoms with Crippen LogP contribution in [0.5, 0.6) is 5.75 Å². The fraction of sp³-hybridized carbons (Fsp3) is 0.560.